The summed E-state index contributed by atoms with van der Waals surface area (Å²) in [5.74, 6) is -0.966. The zero-order valence-corrected chi connectivity index (χ0v) is 11.1. The maximum absolute atomic E-state index is 12.3. The highest BCUT2D eigenvalue weighted by molar-refractivity contribution is 5.94. The van der Waals surface area contributed by atoms with Crippen LogP contribution in [0, 0.1) is 5.92 Å². The average Bonchev–Trinajstić information content (AvgIpc) is 3.18. The molecule has 0 radical (unpaired) electrons. The van der Waals surface area contributed by atoms with Crippen LogP contribution in [0.5, 0.6) is 0 Å². The number of pyridine rings is 1. The van der Waals surface area contributed by atoms with E-state index in [1.807, 2.05) is 0 Å². The molecule has 0 spiro atoms. The quantitative estimate of drug-likeness (QED) is 0.866. The first-order valence-corrected chi connectivity index (χ1v) is 6.48. The first kappa shape index (κ1) is 13.2. The monoisotopic (exact) mass is 287 g/mol. The van der Waals surface area contributed by atoms with E-state index in [4.69, 9.17) is 5.11 Å². The lowest BCUT2D eigenvalue weighted by atomic mass is 10.1. The molecule has 1 saturated heterocycles. The molecule has 21 heavy (non-hydrogen) atoms. The third kappa shape index (κ3) is 2.60. The van der Waals surface area contributed by atoms with Crippen molar-refractivity contribution in [2.24, 2.45) is 5.92 Å². The summed E-state index contributed by atoms with van der Waals surface area (Å²) in [5.41, 5.74) is 0.435. The van der Waals surface area contributed by atoms with E-state index in [1.165, 1.54) is 23.5 Å². The number of hydrogen-bond acceptors (Lipinski definition) is 5. The summed E-state index contributed by atoms with van der Waals surface area (Å²) in [5, 5.41) is 12.9. The van der Waals surface area contributed by atoms with Crippen LogP contribution in [0.2, 0.25) is 0 Å². The number of aromatic nitrogens is 4. The summed E-state index contributed by atoms with van der Waals surface area (Å²) in [6.07, 6.45) is 4.87. The molecule has 8 nitrogen and oxygen atoms in total. The van der Waals surface area contributed by atoms with E-state index < -0.39 is 11.9 Å². The van der Waals surface area contributed by atoms with Crippen molar-refractivity contribution in [2.75, 3.05) is 13.1 Å². The molecular formula is C13H13N5O3. The summed E-state index contributed by atoms with van der Waals surface area (Å²) in [7, 11) is 0. The second-order valence-corrected chi connectivity index (χ2v) is 4.82. The van der Waals surface area contributed by atoms with E-state index in [9.17, 15) is 9.59 Å². The van der Waals surface area contributed by atoms with Crippen molar-refractivity contribution in [3.63, 3.8) is 0 Å². The molecule has 0 aliphatic carbocycles. The van der Waals surface area contributed by atoms with Gasteiger partial charge in [-0.1, -0.05) is 0 Å². The number of amides is 1. The first-order chi connectivity index (χ1) is 10.1. The van der Waals surface area contributed by atoms with Crippen molar-refractivity contribution >= 4 is 11.9 Å². The van der Waals surface area contributed by atoms with E-state index in [-0.39, 0.29) is 12.5 Å². The lowest BCUT2D eigenvalue weighted by molar-refractivity contribution is -0.141. The van der Waals surface area contributed by atoms with Crippen LogP contribution in [0.4, 0.5) is 0 Å². The Labute approximate surface area is 120 Å². The fourth-order valence-corrected chi connectivity index (χ4v) is 2.30. The van der Waals surface area contributed by atoms with Crippen LogP contribution in [0.25, 0.3) is 5.82 Å². The molecule has 0 saturated carbocycles. The topological polar surface area (TPSA) is 101 Å². The van der Waals surface area contributed by atoms with Gasteiger partial charge in [-0.15, -0.1) is 0 Å². The summed E-state index contributed by atoms with van der Waals surface area (Å²) in [6, 6.07) is 3.33. The molecule has 3 heterocycles. The Morgan fingerprint density at radius 2 is 2.19 bits per heavy atom. The molecule has 0 aromatic carbocycles. The van der Waals surface area contributed by atoms with Gasteiger partial charge in [0, 0.05) is 19.3 Å². The summed E-state index contributed by atoms with van der Waals surface area (Å²) in [4.78, 5) is 32.7. The van der Waals surface area contributed by atoms with Gasteiger partial charge in [0.05, 0.1) is 11.5 Å². The third-order valence-electron chi connectivity index (χ3n) is 3.47. The lowest BCUT2D eigenvalue weighted by Gasteiger charge is -2.15. The molecule has 3 rings (SSSR count). The van der Waals surface area contributed by atoms with Crippen molar-refractivity contribution in [3.05, 3.63) is 36.5 Å². The molecule has 1 N–H and O–H groups in total. The van der Waals surface area contributed by atoms with E-state index in [2.05, 4.69) is 15.1 Å². The van der Waals surface area contributed by atoms with Crippen LogP contribution in [-0.4, -0.2) is 54.7 Å². The number of carbonyl (C=O) groups excluding carboxylic acids is 1. The van der Waals surface area contributed by atoms with Crippen LogP contribution in [0.3, 0.4) is 0 Å². The Kier molecular flexibility index (Phi) is 3.35. The molecular weight excluding hydrogens is 274 g/mol. The molecule has 1 fully saturated rings. The molecule has 1 aliphatic rings. The van der Waals surface area contributed by atoms with Crippen molar-refractivity contribution in [3.8, 4) is 5.82 Å². The average molecular weight is 287 g/mol. The fourth-order valence-electron chi connectivity index (χ4n) is 2.30. The van der Waals surface area contributed by atoms with Gasteiger partial charge in [-0.3, -0.25) is 9.59 Å². The molecule has 0 bridgehead atoms. The highest BCUT2D eigenvalue weighted by atomic mass is 16.4. The second kappa shape index (κ2) is 5.31. The molecule has 2 aromatic heterocycles. The normalized spacial score (nSPS) is 17.9. The summed E-state index contributed by atoms with van der Waals surface area (Å²) in [6.45, 7) is 0.708. The van der Waals surface area contributed by atoms with Crippen molar-refractivity contribution < 1.29 is 14.7 Å². The maximum atomic E-state index is 12.3. The fraction of sp³-hybridized carbons (Fsp3) is 0.308. The number of rotatable bonds is 3. The van der Waals surface area contributed by atoms with Crippen LogP contribution in [0.15, 0.2) is 31.0 Å². The molecule has 1 amide bonds. The van der Waals surface area contributed by atoms with Crippen LogP contribution in [0.1, 0.15) is 16.8 Å². The highest BCUT2D eigenvalue weighted by Gasteiger charge is 2.31. The Morgan fingerprint density at radius 3 is 2.76 bits per heavy atom. The van der Waals surface area contributed by atoms with E-state index >= 15 is 0 Å². The molecule has 1 unspecified atom stereocenters. The molecule has 108 valence electrons. The third-order valence-corrected chi connectivity index (χ3v) is 3.47. The van der Waals surface area contributed by atoms with Crippen molar-refractivity contribution in [1.29, 1.82) is 0 Å². The lowest BCUT2D eigenvalue weighted by Crippen LogP contribution is -2.30. The van der Waals surface area contributed by atoms with Gasteiger partial charge >= 0.3 is 5.97 Å². The zero-order valence-electron chi connectivity index (χ0n) is 11.1. The van der Waals surface area contributed by atoms with Gasteiger partial charge in [-0.25, -0.2) is 14.6 Å². The molecule has 2 aromatic rings. The number of nitrogens with zero attached hydrogens (tertiary/aromatic N) is 5. The Balaban J connectivity index is 1.72. The Hall–Kier alpha value is -2.77. The van der Waals surface area contributed by atoms with E-state index in [0.29, 0.717) is 24.3 Å². The smallest absolute Gasteiger partial charge is 0.308 e. The zero-order chi connectivity index (χ0) is 14.8. The minimum absolute atomic E-state index is 0.198. The van der Waals surface area contributed by atoms with Gasteiger partial charge in [0.25, 0.3) is 5.91 Å². The van der Waals surface area contributed by atoms with Crippen LogP contribution >= 0.6 is 0 Å². The van der Waals surface area contributed by atoms with Crippen molar-refractivity contribution in [1.82, 2.24) is 24.6 Å². The van der Waals surface area contributed by atoms with E-state index in [1.54, 1.807) is 17.0 Å². The van der Waals surface area contributed by atoms with Gasteiger partial charge in [-0.2, -0.15) is 5.10 Å². The number of aliphatic carboxylic acids is 1. The number of carbonyl (C=O) groups is 2. The number of likely N-dealkylation sites (tertiary alicyclic amines) is 1. The van der Waals surface area contributed by atoms with E-state index in [0.717, 1.165) is 0 Å². The minimum Gasteiger partial charge on any atom is -0.481 e. The second-order valence-electron chi connectivity index (χ2n) is 4.82. The van der Waals surface area contributed by atoms with Crippen LogP contribution in [-0.2, 0) is 4.79 Å². The van der Waals surface area contributed by atoms with Crippen molar-refractivity contribution in [2.45, 2.75) is 6.42 Å². The minimum atomic E-state index is -0.857. The molecule has 1 aliphatic heterocycles. The predicted molar refractivity (Wildman–Crippen MR) is 70.8 cm³/mol. The maximum Gasteiger partial charge on any atom is 0.308 e. The van der Waals surface area contributed by atoms with Gasteiger partial charge in [-0.05, 0) is 18.6 Å². The predicted octanol–water partition coefficient (Wildman–Crippen LogP) is 0.209. The number of carboxylic acids is 1. The standard InChI is InChI=1S/C13H13N5O3/c19-12(17-4-3-10(6-17)13(20)21)9-1-2-11(15-5-9)18-8-14-7-16-18/h1-2,5,7-8,10H,3-4,6H2,(H,20,21). The van der Waals surface area contributed by atoms with Crippen LogP contribution < -0.4 is 0 Å². The molecule has 1 atom stereocenters. The number of carboxylic acid groups (broad SMARTS) is 1. The Morgan fingerprint density at radius 1 is 1.33 bits per heavy atom. The van der Waals surface area contributed by atoms with Gasteiger partial charge in [0.1, 0.15) is 12.7 Å². The van der Waals surface area contributed by atoms with Gasteiger partial charge < -0.3 is 10.0 Å². The highest BCUT2D eigenvalue weighted by Crippen LogP contribution is 2.19. The Bertz CT molecular complexity index is 653. The first-order valence-electron chi connectivity index (χ1n) is 6.48. The van der Waals surface area contributed by atoms with Gasteiger partial charge in [0.2, 0.25) is 0 Å². The molecule has 8 heteroatoms. The summed E-state index contributed by atoms with van der Waals surface area (Å²) >= 11 is 0. The summed E-state index contributed by atoms with van der Waals surface area (Å²) < 4.78 is 1.49. The SMILES string of the molecule is O=C(O)C1CCN(C(=O)c2ccc(-n3cncn3)nc2)C1. The number of hydrogen-bond donors (Lipinski definition) is 1. The van der Waals surface area contributed by atoms with Gasteiger partial charge in [0.15, 0.2) is 5.82 Å². The largest absolute Gasteiger partial charge is 0.481 e.